The molecule has 1 aliphatic rings. The Morgan fingerprint density at radius 2 is 1.92 bits per heavy atom. The van der Waals surface area contributed by atoms with Crippen molar-refractivity contribution in [3.63, 3.8) is 0 Å². The number of aliphatic imine (C=N–C) groups is 1. The van der Waals surface area contributed by atoms with Gasteiger partial charge >= 0.3 is 0 Å². The molecule has 74 valence electrons. The molecule has 1 aliphatic heterocycles. The van der Waals surface area contributed by atoms with Gasteiger partial charge in [0, 0.05) is 13.1 Å². The summed E-state index contributed by atoms with van der Waals surface area (Å²) in [5, 5.41) is 16.7. The zero-order valence-corrected chi connectivity index (χ0v) is 7.40. The van der Waals surface area contributed by atoms with Crippen LogP contribution in [0, 0.1) is 5.41 Å². The normalized spacial score (nSPS) is 18.4. The first-order valence-electron chi connectivity index (χ1n) is 4.21. The lowest BCUT2D eigenvalue weighted by Gasteiger charge is -2.29. The van der Waals surface area contributed by atoms with E-state index in [1.807, 2.05) is 0 Å². The maximum atomic E-state index is 9.21. The lowest BCUT2D eigenvalue weighted by molar-refractivity contribution is 0.108. The van der Waals surface area contributed by atoms with Gasteiger partial charge in [0.1, 0.15) is 0 Å². The average Bonchev–Trinajstić information content (AvgIpc) is 2.04. The van der Waals surface area contributed by atoms with Crippen LogP contribution in [0.4, 0.5) is 0 Å². The molecule has 1 saturated heterocycles. The number of likely N-dealkylation sites (tertiary alicyclic amines) is 1. The van der Waals surface area contributed by atoms with E-state index in [1.165, 1.54) is 0 Å². The minimum Gasteiger partial charge on any atom is -0.393 e. The molecule has 6 N–H and O–H groups in total. The Balaban J connectivity index is 2.45. The Morgan fingerprint density at radius 1 is 1.38 bits per heavy atom. The molecule has 1 heterocycles. The van der Waals surface area contributed by atoms with Gasteiger partial charge in [-0.05, 0) is 12.8 Å². The number of hydrogen-bond donors (Lipinski definition) is 4. The SMILES string of the molecule is N=C(N=C(N)N)N1CCC(O)CC1. The van der Waals surface area contributed by atoms with Crippen LogP contribution in [0.3, 0.4) is 0 Å². The highest BCUT2D eigenvalue weighted by molar-refractivity contribution is 5.91. The van der Waals surface area contributed by atoms with E-state index in [1.54, 1.807) is 4.90 Å². The van der Waals surface area contributed by atoms with Crippen molar-refractivity contribution in [2.45, 2.75) is 18.9 Å². The molecule has 1 rings (SSSR count). The number of nitrogens with two attached hydrogens (primary N) is 2. The van der Waals surface area contributed by atoms with Gasteiger partial charge in [0.2, 0.25) is 5.96 Å². The molecule has 0 unspecified atom stereocenters. The standard InChI is InChI=1S/C7H15N5O/c8-6(9)11-7(10)12-3-1-5(13)2-4-12/h5,13H,1-4H2,(H5,8,9,10,11). The van der Waals surface area contributed by atoms with Gasteiger partial charge in [-0.25, -0.2) is 0 Å². The smallest absolute Gasteiger partial charge is 0.221 e. The van der Waals surface area contributed by atoms with Crippen LogP contribution in [-0.2, 0) is 0 Å². The van der Waals surface area contributed by atoms with Crippen LogP contribution >= 0.6 is 0 Å². The highest BCUT2D eigenvalue weighted by atomic mass is 16.3. The van der Waals surface area contributed by atoms with Crippen molar-refractivity contribution < 1.29 is 5.11 Å². The lowest BCUT2D eigenvalue weighted by Crippen LogP contribution is -2.40. The van der Waals surface area contributed by atoms with Crippen molar-refractivity contribution in [1.82, 2.24) is 4.90 Å². The summed E-state index contributed by atoms with van der Waals surface area (Å²) in [6.07, 6.45) is 1.09. The van der Waals surface area contributed by atoms with Crippen LogP contribution < -0.4 is 11.5 Å². The summed E-state index contributed by atoms with van der Waals surface area (Å²) in [7, 11) is 0. The molecule has 1 fully saturated rings. The van der Waals surface area contributed by atoms with Crippen LogP contribution in [0.2, 0.25) is 0 Å². The van der Waals surface area contributed by atoms with E-state index in [4.69, 9.17) is 16.9 Å². The quantitative estimate of drug-likeness (QED) is 0.276. The predicted octanol–water partition coefficient (Wildman–Crippen LogP) is -1.35. The van der Waals surface area contributed by atoms with Gasteiger partial charge in [-0.2, -0.15) is 4.99 Å². The Morgan fingerprint density at radius 3 is 2.38 bits per heavy atom. The molecule has 13 heavy (non-hydrogen) atoms. The van der Waals surface area contributed by atoms with E-state index in [-0.39, 0.29) is 18.0 Å². The molecule has 0 atom stereocenters. The Hall–Kier alpha value is -1.30. The second-order valence-electron chi connectivity index (χ2n) is 3.08. The molecule has 0 aromatic rings. The number of aliphatic hydroxyl groups is 1. The highest BCUT2D eigenvalue weighted by Crippen LogP contribution is 2.09. The highest BCUT2D eigenvalue weighted by Gasteiger charge is 2.18. The molecular weight excluding hydrogens is 170 g/mol. The fraction of sp³-hybridized carbons (Fsp3) is 0.714. The molecule has 0 spiro atoms. The van der Waals surface area contributed by atoms with E-state index < -0.39 is 0 Å². The lowest BCUT2D eigenvalue weighted by atomic mass is 10.1. The second kappa shape index (κ2) is 4.08. The molecular formula is C7H15N5O. The van der Waals surface area contributed by atoms with Crippen molar-refractivity contribution in [2.75, 3.05) is 13.1 Å². The van der Waals surface area contributed by atoms with Crippen molar-refractivity contribution in [3.8, 4) is 0 Å². The van der Waals surface area contributed by atoms with Gasteiger partial charge in [-0.3, -0.25) is 5.41 Å². The fourth-order valence-electron chi connectivity index (χ4n) is 1.27. The van der Waals surface area contributed by atoms with Crippen molar-refractivity contribution in [2.24, 2.45) is 16.5 Å². The zero-order chi connectivity index (χ0) is 9.84. The minimum absolute atomic E-state index is 0.0758. The van der Waals surface area contributed by atoms with Gasteiger partial charge in [-0.15, -0.1) is 0 Å². The monoisotopic (exact) mass is 185 g/mol. The van der Waals surface area contributed by atoms with E-state index in [2.05, 4.69) is 4.99 Å². The fourth-order valence-corrected chi connectivity index (χ4v) is 1.27. The van der Waals surface area contributed by atoms with Crippen molar-refractivity contribution in [3.05, 3.63) is 0 Å². The Bertz CT molecular complexity index is 215. The maximum absolute atomic E-state index is 9.21. The minimum atomic E-state index is -0.247. The molecule has 0 aromatic carbocycles. The number of aliphatic hydroxyl groups excluding tert-OH is 1. The van der Waals surface area contributed by atoms with E-state index in [0.717, 1.165) is 0 Å². The van der Waals surface area contributed by atoms with Gasteiger partial charge < -0.3 is 21.5 Å². The third-order valence-corrected chi connectivity index (χ3v) is 2.00. The molecule has 0 aliphatic carbocycles. The molecule has 6 nitrogen and oxygen atoms in total. The largest absolute Gasteiger partial charge is 0.393 e. The maximum Gasteiger partial charge on any atom is 0.221 e. The molecule has 0 amide bonds. The van der Waals surface area contributed by atoms with Gasteiger partial charge in [0.05, 0.1) is 6.10 Å². The van der Waals surface area contributed by atoms with Gasteiger partial charge in [0.15, 0.2) is 5.96 Å². The van der Waals surface area contributed by atoms with Crippen LogP contribution in [0.25, 0.3) is 0 Å². The third-order valence-electron chi connectivity index (χ3n) is 2.00. The number of piperidine rings is 1. The molecule has 0 bridgehead atoms. The predicted molar refractivity (Wildman–Crippen MR) is 50.4 cm³/mol. The van der Waals surface area contributed by atoms with E-state index in [0.29, 0.717) is 25.9 Å². The zero-order valence-electron chi connectivity index (χ0n) is 7.40. The number of nitrogens with one attached hydrogen (secondary N) is 1. The Kier molecular flexibility index (Phi) is 3.07. The van der Waals surface area contributed by atoms with Crippen LogP contribution in [-0.4, -0.2) is 41.1 Å². The van der Waals surface area contributed by atoms with Crippen LogP contribution in [0.15, 0.2) is 4.99 Å². The summed E-state index contributed by atoms with van der Waals surface area (Å²) >= 11 is 0. The summed E-state index contributed by atoms with van der Waals surface area (Å²) in [5.41, 5.74) is 10.3. The molecule has 0 radical (unpaired) electrons. The average molecular weight is 185 g/mol. The van der Waals surface area contributed by atoms with Crippen LogP contribution in [0.5, 0.6) is 0 Å². The number of guanidine groups is 2. The molecule has 0 saturated carbocycles. The van der Waals surface area contributed by atoms with Gasteiger partial charge in [-0.1, -0.05) is 0 Å². The second-order valence-corrected chi connectivity index (χ2v) is 3.08. The number of hydrogen-bond acceptors (Lipinski definition) is 2. The number of rotatable bonds is 0. The summed E-state index contributed by atoms with van der Waals surface area (Å²) in [5.74, 6) is -0.0250. The van der Waals surface area contributed by atoms with E-state index >= 15 is 0 Å². The van der Waals surface area contributed by atoms with Crippen molar-refractivity contribution in [1.29, 1.82) is 5.41 Å². The van der Waals surface area contributed by atoms with Crippen LogP contribution in [0.1, 0.15) is 12.8 Å². The first-order chi connectivity index (χ1) is 6.09. The summed E-state index contributed by atoms with van der Waals surface area (Å²) < 4.78 is 0. The third kappa shape index (κ3) is 2.90. The number of nitrogens with zero attached hydrogens (tertiary/aromatic N) is 2. The van der Waals surface area contributed by atoms with E-state index in [9.17, 15) is 5.11 Å². The first kappa shape index (κ1) is 9.79. The first-order valence-corrected chi connectivity index (χ1v) is 4.21. The Labute approximate surface area is 76.7 Å². The topological polar surface area (TPSA) is 112 Å². The molecule has 0 aromatic heterocycles. The summed E-state index contributed by atoms with van der Waals surface area (Å²) in [6.45, 7) is 1.27. The summed E-state index contributed by atoms with van der Waals surface area (Å²) in [6, 6.07) is 0. The van der Waals surface area contributed by atoms with Gasteiger partial charge in [0.25, 0.3) is 0 Å². The summed E-state index contributed by atoms with van der Waals surface area (Å²) in [4.78, 5) is 5.37. The molecule has 6 heteroatoms. The van der Waals surface area contributed by atoms with Crippen molar-refractivity contribution >= 4 is 11.9 Å².